The van der Waals surface area contributed by atoms with Gasteiger partial charge in [0, 0.05) is 53.6 Å². The molecule has 0 fully saturated rings. The fourth-order valence-corrected chi connectivity index (χ4v) is 3.76. The Morgan fingerprint density at radius 2 is 1.81 bits per heavy atom. The summed E-state index contributed by atoms with van der Waals surface area (Å²) in [6.45, 7) is -0.192. The zero-order valence-corrected chi connectivity index (χ0v) is 17.7. The van der Waals surface area contributed by atoms with Gasteiger partial charge in [-0.15, -0.1) is 0 Å². The molecule has 168 valence electrons. The molecule has 1 aromatic carbocycles. The molecule has 32 heavy (non-hydrogen) atoms. The van der Waals surface area contributed by atoms with Gasteiger partial charge in [-0.3, -0.25) is 9.67 Å². The van der Waals surface area contributed by atoms with Crippen LogP contribution in [-0.2, 0) is 19.4 Å². The van der Waals surface area contributed by atoms with Crippen LogP contribution in [0.25, 0.3) is 16.7 Å². The number of aromatic nitrogens is 3. The Labute approximate surface area is 183 Å². The molecule has 7 nitrogen and oxygen atoms in total. The molecular weight excluding hydrogens is 420 g/mol. The Hall–Kier alpha value is -3.30. The van der Waals surface area contributed by atoms with Gasteiger partial charge in [-0.1, -0.05) is 6.08 Å². The number of hydrogen-bond donors (Lipinski definition) is 2. The van der Waals surface area contributed by atoms with Crippen molar-refractivity contribution in [1.82, 2.24) is 14.8 Å². The van der Waals surface area contributed by atoms with Crippen LogP contribution in [0.2, 0.25) is 0 Å². The Morgan fingerprint density at radius 3 is 2.47 bits per heavy atom. The zero-order chi connectivity index (χ0) is 22.8. The van der Waals surface area contributed by atoms with Crippen molar-refractivity contribution in [2.45, 2.75) is 25.5 Å². The summed E-state index contributed by atoms with van der Waals surface area (Å²) in [7, 11) is 2.64. The zero-order valence-electron chi connectivity index (χ0n) is 17.7. The third kappa shape index (κ3) is 4.09. The number of ether oxygens (including phenoxy) is 2. The third-order valence-electron chi connectivity index (χ3n) is 5.46. The van der Waals surface area contributed by atoms with Crippen molar-refractivity contribution >= 4 is 5.57 Å². The molecule has 9 heteroatoms. The van der Waals surface area contributed by atoms with E-state index < -0.39 is 17.7 Å². The van der Waals surface area contributed by atoms with E-state index in [1.54, 1.807) is 18.6 Å². The fourth-order valence-electron chi connectivity index (χ4n) is 3.76. The predicted molar refractivity (Wildman–Crippen MR) is 113 cm³/mol. The molecule has 0 spiro atoms. The van der Waals surface area contributed by atoms with E-state index in [1.165, 1.54) is 25.0 Å². The highest BCUT2D eigenvalue weighted by Crippen LogP contribution is 2.37. The van der Waals surface area contributed by atoms with Gasteiger partial charge in [0.05, 0.1) is 45.4 Å². The highest BCUT2D eigenvalue weighted by molar-refractivity contribution is 5.77. The lowest BCUT2D eigenvalue weighted by Gasteiger charge is -2.14. The number of allylic oxidation sites excluding steroid dienone is 2. The van der Waals surface area contributed by atoms with E-state index in [2.05, 4.69) is 10.1 Å². The van der Waals surface area contributed by atoms with Gasteiger partial charge in [0.2, 0.25) is 0 Å². The van der Waals surface area contributed by atoms with Crippen LogP contribution in [-0.4, -0.2) is 51.9 Å². The van der Waals surface area contributed by atoms with E-state index in [-0.39, 0.29) is 36.6 Å². The molecule has 2 aromatic heterocycles. The van der Waals surface area contributed by atoms with Crippen LogP contribution in [0.15, 0.2) is 36.8 Å². The van der Waals surface area contributed by atoms with Gasteiger partial charge < -0.3 is 19.7 Å². The van der Waals surface area contributed by atoms with Crippen molar-refractivity contribution < 1.29 is 28.5 Å². The number of hydrogen-bond acceptors (Lipinski definition) is 6. The highest BCUT2D eigenvalue weighted by Gasteiger charge is 2.24. The third-order valence-corrected chi connectivity index (χ3v) is 5.46. The topological polar surface area (TPSA) is 89.6 Å². The molecule has 1 aliphatic rings. The summed E-state index contributed by atoms with van der Waals surface area (Å²) in [6.07, 6.45) is 6.69. The molecule has 0 aliphatic heterocycles. The molecule has 0 saturated carbocycles. The quantitative estimate of drug-likeness (QED) is 0.557. The summed E-state index contributed by atoms with van der Waals surface area (Å²) in [4.78, 5) is 4.51. The van der Waals surface area contributed by atoms with Gasteiger partial charge in [0.25, 0.3) is 0 Å². The molecule has 2 heterocycles. The van der Waals surface area contributed by atoms with Crippen molar-refractivity contribution in [3.63, 3.8) is 0 Å². The molecule has 1 atom stereocenters. The van der Waals surface area contributed by atoms with Crippen LogP contribution in [0.1, 0.15) is 16.8 Å². The number of aliphatic hydroxyl groups excluding tert-OH is 2. The average Bonchev–Trinajstić information content (AvgIpc) is 3.43. The van der Waals surface area contributed by atoms with Crippen LogP contribution in [0.4, 0.5) is 8.78 Å². The first-order valence-corrected chi connectivity index (χ1v) is 10.0. The molecule has 0 saturated heterocycles. The molecule has 4 rings (SSSR count). The average molecular weight is 443 g/mol. The maximum absolute atomic E-state index is 14.8. The van der Waals surface area contributed by atoms with Gasteiger partial charge in [-0.05, 0) is 11.6 Å². The fraction of sp³-hybridized carbons (Fsp3) is 0.304. The van der Waals surface area contributed by atoms with Crippen LogP contribution in [0, 0.1) is 11.6 Å². The van der Waals surface area contributed by atoms with Gasteiger partial charge in [-0.25, -0.2) is 8.78 Å². The number of nitrogens with zero attached hydrogens (tertiary/aromatic N) is 3. The molecule has 2 N–H and O–H groups in total. The number of rotatable bonds is 8. The number of fused-ring (bicyclic) bond motifs is 1. The summed E-state index contributed by atoms with van der Waals surface area (Å²) >= 11 is 0. The lowest BCUT2D eigenvalue weighted by molar-refractivity contribution is 0.0783. The van der Waals surface area contributed by atoms with Crippen LogP contribution >= 0.6 is 0 Å². The number of pyridine rings is 1. The van der Waals surface area contributed by atoms with Crippen molar-refractivity contribution in [2.24, 2.45) is 0 Å². The minimum absolute atomic E-state index is 0.0192. The Bertz CT molecular complexity index is 1150. The standard InChI is InChI=1S/C23H23F2N3O4/c1-31-20-7-21(32-2)23(25)18(22(20)24)5-13-3-4-19-17(13)6-14(8-26-19)15-9-27-28(10-15)11-16(30)12-29/h3,6-10,16,29-30H,4-5,11-12H2,1-2H3. The molecule has 3 aromatic rings. The molecule has 1 aliphatic carbocycles. The first-order chi connectivity index (χ1) is 15.4. The Balaban J connectivity index is 1.64. The highest BCUT2D eigenvalue weighted by atomic mass is 19.1. The molecular formula is C23H23F2N3O4. The van der Waals surface area contributed by atoms with E-state index >= 15 is 0 Å². The van der Waals surface area contributed by atoms with Gasteiger partial charge in [-0.2, -0.15) is 5.10 Å². The number of benzene rings is 1. The largest absolute Gasteiger partial charge is 0.494 e. The minimum atomic E-state index is -0.903. The number of halogens is 2. The molecule has 0 amide bonds. The summed E-state index contributed by atoms with van der Waals surface area (Å²) < 4.78 is 41.3. The normalized spacial score (nSPS) is 13.6. The SMILES string of the molecule is COc1cc(OC)c(F)c(CC2=CCc3ncc(-c4cnn(CC(O)CO)c4)cc32)c1F. The van der Waals surface area contributed by atoms with Gasteiger partial charge in [0.15, 0.2) is 23.1 Å². The monoisotopic (exact) mass is 443 g/mol. The lowest BCUT2D eigenvalue weighted by atomic mass is 9.97. The molecule has 0 radical (unpaired) electrons. The molecule has 1 unspecified atom stereocenters. The van der Waals surface area contributed by atoms with Crippen molar-refractivity contribution in [2.75, 3.05) is 20.8 Å². The number of methoxy groups -OCH3 is 2. The summed E-state index contributed by atoms with van der Waals surface area (Å²) in [6, 6.07) is 3.11. The van der Waals surface area contributed by atoms with Crippen LogP contribution in [0.5, 0.6) is 11.5 Å². The lowest BCUT2D eigenvalue weighted by Crippen LogP contribution is -2.19. The first-order valence-electron chi connectivity index (χ1n) is 10.0. The summed E-state index contributed by atoms with van der Waals surface area (Å²) in [5.41, 5.74) is 3.82. The maximum Gasteiger partial charge on any atom is 0.171 e. The Morgan fingerprint density at radius 1 is 1.09 bits per heavy atom. The number of aliphatic hydroxyl groups is 2. The second-order valence-electron chi connectivity index (χ2n) is 7.50. The van der Waals surface area contributed by atoms with Gasteiger partial charge in [0.1, 0.15) is 0 Å². The predicted octanol–water partition coefficient (Wildman–Crippen LogP) is 2.78. The van der Waals surface area contributed by atoms with Crippen LogP contribution < -0.4 is 9.47 Å². The second kappa shape index (κ2) is 9.05. The van der Waals surface area contributed by atoms with E-state index in [9.17, 15) is 13.9 Å². The smallest absolute Gasteiger partial charge is 0.171 e. The first kappa shape index (κ1) is 21.9. The maximum atomic E-state index is 14.8. The molecule has 0 bridgehead atoms. The van der Waals surface area contributed by atoms with Gasteiger partial charge >= 0.3 is 0 Å². The van der Waals surface area contributed by atoms with E-state index in [0.29, 0.717) is 6.42 Å². The summed E-state index contributed by atoms with van der Waals surface area (Å²) in [5, 5.41) is 22.8. The summed E-state index contributed by atoms with van der Waals surface area (Å²) in [5.74, 6) is -1.68. The van der Waals surface area contributed by atoms with Crippen LogP contribution in [0.3, 0.4) is 0 Å². The van der Waals surface area contributed by atoms with Crippen molar-refractivity contribution in [3.8, 4) is 22.6 Å². The minimum Gasteiger partial charge on any atom is -0.494 e. The second-order valence-corrected chi connectivity index (χ2v) is 7.50. The van der Waals surface area contributed by atoms with Crippen molar-refractivity contribution in [3.05, 3.63) is 65.3 Å². The van der Waals surface area contributed by atoms with Crippen molar-refractivity contribution in [1.29, 1.82) is 0 Å². The van der Waals surface area contributed by atoms with E-state index in [1.807, 2.05) is 12.1 Å². The Kier molecular flexibility index (Phi) is 6.20. The van der Waals surface area contributed by atoms with E-state index in [4.69, 9.17) is 14.6 Å². The van der Waals surface area contributed by atoms with E-state index in [0.717, 1.165) is 28.0 Å².